The van der Waals surface area contributed by atoms with E-state index in [1.807, 2.05) is 12.1 Å². The number of hydrogen-bond donors (Lipinski definition) is 1. The van der Waals surface area contributed by atoms with Crippen molar-refractivity contribution < 1.29 is 9.84 Å². The number of benzene rings is 2. The molecule has 1 aliphatic rings. The first-order chi connectivity index (χ1) is 11.7. The molecule has 0 bridgehead atoms. The van der Waals surface area contributed by atoms with Crippen LogP contribution in [0.1, 0.15) is 24.8 Å². The lowest BCUT2D eigenvalue weighted by Crippen LogP contribution is -2.43. The zero-order valence-corrected chi connectivity index (χ0v) is 14.6. The van der Waals surface area contributed by atoms with Gasteiger partial charge in [0, 0.05) is 17.6 Å². The van der Waals surface area contributed by atoms with Crippen LogP contribution in [0.25, 0.3) is 0 Å². The highest BCUT2D eigenvalue weighted by Gasteiger charge is 2.23. The lowest BCUT2D eigenvalue weighted by molar-refractivity contribution is 0.122. The van der Waals surface area contributed by atoms with Crippen LogP contribution in [-0.2, 0) is 6.42 Å². The van der Waals surface area contributed by atoms with Gasteiger partial charge in [0.25, 0.3) is 0 Å². The molecule has 0 radical (unpaired) electrons. The van der Waals surface area contributed by atoms with Gasteiger partial charge in [-0.3, -0.25) is 4.90 Å². The first kappa shape index (κ1) is 17.1. The van der Waals surface area contributed by atoms with E-state index in [4.69, 9.17) is 16.3 Å². The summed E-state index contributed by atoms with van der Waals surface area (Å²) in [4.78, 5) is 2.52. The monoisotopic (exact) mass is 345 g/mol. The Bertz CT molecular complexity index is 644. The summed E-state index contributed by atoms with van der Waals surface area (Å²) in [7, 11) is 0. The van der Waals surface area contributed by atoms with Gasteiger partial charge in [0.1, 0.15) is 18.1 Å². The van der Waals surface area contributed by atoms with Crippen molar-refractivity contribution in [2.45, 2.75) is 31.7 Å². The number of rotatable bonds is 6. The van der Waals surface area contributed by atoms with Gasteiger partial charge in [-0.2, -0.15) is 0 Å². The van der Waals surface area contributed by atoms with E-state index in [9.17, 15) is 5.11 Å². The van der Waals surface area contributed by atoms with Crippen molar-refractivity contribution in [2.75, 3.05) is 19.7 Å². The molecule has 1 heterocycles. The zero-order chi connectivity index (χ0) is 16.8. The van der Waals surface area contributed by atoms with Gasteiger partial charge in [0.15, 0.2) is 0 Å². The highest BCUT2D eigenvalue weighted by molar-refractivity contribution is 6.31. The molecule has 1 saturated heterocycles. The molecule has 0 saturated carbocycles. The summed E-state index contributed by atoms with van der Waals surface area (Å²) in [6, 6.07) is 15.6. The quantitative estimate of drug-likeness (QED) is 0.835. The van der Waals surface area contributed by atoms with Crippen LogP contribution in [0.15, 0.2) is 48.5 Å². The predicted molar refractivity (Wildman–Crippen MR) is 98.0 cm³/mol. The molecule has 1 N–H and O–H groups in total. The van der Waals surface area contributed by atoms with Crippen LogP contribution in [-0.4, -0.2) is 35.7 Å². The third kappa shape index (κ3) is 4.65. The van der Waals surface area contributed by atoms with Gasteiger partial charge < -0.3 is 9.84 Å². The fraction of sp³-hybridized carbons (Fsp3) is 0.400. The second-order valence-corrected chi connectivity index (χ2v) is 6.73. The van der Waals surface area contributed by atoms with Crippen LogP contribution in [0.5, 0.6) is 11.5 Å². The maximum absolute atomic E-state index is 9.31. The van der Waals surface area contributed by atoms with Crippen molar-refractivity contribution in [1.82, 2.24) is 4.90 Å². The molecule has 0 spiro atoms. The SMILES string of the molecule is Oc1ccc(OCCN2CCCCC2Cc2ccccc2Cl)cc1. The Morgan fingerprint density at radius 1 is 1.08 bits per heavy atom. The molecular weight excluding hydrogens is 322 g/mol. The van der Waals surface area contributed by atoms with Gasteiger partial charge in [0.05, 0.1) is 0 Å². The molecule has 0 amide bonds. The molecule has 128 valence electrons. The molecule has 3 rings (SSSR count). The summed E-state index contributed by atoms with van der Waals surface area (Å²) in [5, 5.41) is 10.2. The number of aromatic hydroxyl groups is 1. The van der Waals surface area contributed by atoms with Gasteiger partial charge in [-0.25, -0.2) is 0 Å². The number of hydrogen-bond acceptors (Lipinski definition) is 3. The topological polar surface area (TPSA) is 32.7 Å². The van der Waals surface area contributed by atoms with Crippen LogP contribution in [0.3, 0.4) is 0 Å². The molecule has 2 aromatic rings. The highest BCUT2D eigenvalue weighted by Crippen LogP contribution is 2.24. The zero-order valence-electron chi connectivity index (χ0n) is 13.8. The standard InChI is InChI=1S/C20H24ClNO2/c21-20-7-2-1-5-16(20)15-17-6-3-4-12-22(17)13-14-24-19-10-8-18(23)9-11-19/h1-2,5,7-11,17,23H,3-4,6,12-15H2. The minimum atomic E-state index is 0.262. The largest absolute Gasteiger partial charge is 0.508 e. The molecule has 1 aliphatic heterocycles. The predicted octanol–water partition coefficient (Wildman–Crippen LogP) is 4.52. The molecule has 2 aromatic carbocycles. The Kier molecular flexibility index (Phi) is 6.00. The van der Waals surface area contributed by atoms with Crippen LogP contribution in [0, 0.1) is 0 Å². The fourth-order valence-electron chi connectivity index (χ4n) is 3.33. The van der Waals surface area contributed by atoms with Crippen molar-refractivity contribution in [3.8, 4) is 11.5 Å². The first-order valence-electron chi connectivity index (χ1n) is 8.61. The van der Waals surface area contributed by atoms with Gasteiger partial charge in [-0.05, 0) is 61.7 Å². The van der Waals surface area contributed by atoms with Crippen LogP contribution < -0.4 is 4.74 Å². The number of likely N-dealkylation sites (tertiary alicyclic amines) is 1. The van der Waals surface area contributed by atoms with Crippen molar-refractivity contribution in [1.29, 1.82) is 0 Å². The Morgan fingerprint density at radius 3 is 2.67 bits per heavy atom. The van der Waals surface area contributed by atoms with E-state index in [1.165, 1.54) is 24.8 Å². The lowest BCUT2D eigenvalue weighted by Gasteiger charge is -2.36. The summed E-state index contributed by atoms with van der Waals surface area (Å²) in [5.41, 5.74) is 1.23. The number of phenolic OH excluding ortho intramolecular Hbond substituents is 1. The molecule has 0 aromatic heterocycles. The second-order valence-electron chi connectivity index (χ2n) is 6.32. The van der Waals surface area contributed by atoms with E-state index in [0.717, 1.165) is 30.3 Å². The maximum Gasteiger partial charge on any atom is 0.119 e. The van der Waals surface area contributed by atoms with Gasteiger partial charge in [-0.15, -0.1) is 0 Å². The normalized spacial score (nSPS) is 18.5. The fourth-order valence-corrected chi connectivity index (χ4v) is 3.54. The number of ether oxygens (including phenoxy) is 1. The molecule has 24 heavy (non-hydrogen) atoms. The van der Waals surface area contributed by atoms with Crippen molar-refractivity contribution in [3.63, 3.8) is 0 Å². The second kappa shape index (κ2) is 8.41. The molecule has 1 unspecified atom stereocenters. The average molecular weight is 346 g/mol. The van der Waals surface area contributed by atoms with Crippen LogP contribution in [0.4, 0.5) is 0 Å². The number of piperidine rings is 1. The number of halogens is 1. The summed E-state index contributed by atoms with van der Waals surface area (Å²) >= 11 is 6.32. The minimum absolute atomic E-state index is 0.262. The van der Waals surface area contributed by atoms with E-state index >= 15 is 0 Å². The van der Waals surface area contributed by atoms with E-state index in [2.05, 4.69) is 17.0 Å². The average Bonchev–Trinajstić information content (AvgIpc) is 2.60. The lowest BCUT2D eigenvalue weighted by atomic mass is 9.95. The molecule has 4 heteroatoms. The number of nitrogens with zero attached hydrogens (tertiary/aromatic N) is 1. The minimum Gasteiger partial charge on any atom is -0.508 e. The Morgan fingerprint density at radius 2 is 1.88 bits per heavy atom. The molecule has 1 atom stereocenters. The van der Waals surface area contributed by atoms with E-state index in [1.54, 1.807) is 24.3 Å². The number of phenols is 1. The maximum atomic E-state index is 9.31. The van der Waals surface area contributed by atoms with E-state index in [0.29, 0.717) is 12.6 Å². The smallest absolute Gasteiger partial charge is 0.119 e. The Hall–Kier alpha value is -1.71. The Labute approximate surface area is 148 Å². The van der Waals surface area contributed by atoms with Crippen LogP contribution in [0.2, 0.25) is 5.02 Å². The molecule has 0 aliphatic carbocycles. The summed E-state index contributed by atoms with van der Waals surface area (Å²) in [6.45, 7) is 2.69. The van der Waals surface area contributed by atoms with Crippen molar-refractivity contribution in [2.24, 2.45) is 0 Å². The summed E-state index contributed by atoms with van der Waals surface area (Å²) in [6.07, 6.45) is 4.74. The van der Waals surface area contributed by atoms with Crippen molar-refractivity contribution >= 4 is 11.6 Å². The first-order valence-corrected chi connectivity index (χ1v) is 8.99. The third-order valence-corrected chi connectivity index (χ3v) is 5.02. The molecule has 1 fully saturated rings. The van der Waals surface area contributed by atoms with Crippen molar-refractivity contribution in [3.05, 3.63) is 59.1 Å². The summed E-state index contributed by atoms with van der Waals surface area (Å²) in [5.74, 6) is 1.06. The van der Waals surface area contributed by atoms with Crippen LogP contribution >= 0.6 is 11.6 Å². The third-order valence-electron chi connectivity index (χ3n) is 4.65. The van der Waals surface area contributed by atoms with Gasteiger partial charge >= 0.3 is 0 Å². The van der Waals surface area contributed by atoms with E-state index < -0.39 is 0 Å². The Balaban J connectivity index is 1.54. The van der Waals surface area contributed by atoms with E-state index in [-0.39, 0.29) is 5.75 Å². The molecular formula is C20H24ClNO2. The van der Waals surface area contributed by atoms with Gasteiger partial charge in [-0.1, -0.05) is 36.2 Å². The summed E-state index contributed by atoms with van der Waals surface area (Å²) < 4.78 is 5.81. The van der Waals surface area contributed by atoms with Gasteiger partial charge in [0.2, 0.25) is 0 Å². The highest BCUT2D eigenvalue weighted by atomic mass is 35.5. The molecule has 3 nitrogen and oxygen atoms in total.